The molecule has 13 rings (SSSR count). The van der Waals surface area contributed by atoms with E-state index in [1.54, 1.807) is 0 Å². The molecule has 0 N–H and O–H groups in total. The smallest absolute Gasteiger partial charge is 0.168 e. The van der Waals surface area contributed by atoms with Crippen LogP contribution in [0.4, 0.5) is 0 Å². The summed E-state index contributed by atoms with van der Waals surface area (Å²) in [4.78, 5) is 0. The molecule has 62 heavy (non-hydrogen) atoms. The monoisotopic (exact) mass is 809 g/mol. The van der Waals surface area contributed by atoms with Gasteiger partial charge in [-0.25, -0.2) is 0 Å². The van der Waals surface area contributed by atoms with Gasteiger partial charge >= 0.3 is 0 Å². The van der Waals surface area contributed by atoms with E-state index in [0.717, 1.165) is 67.4 Å². The van der Waals surface area contributed by atoms with Gasteiger partial charge in [-0.2, -0.15) is 0 Å². The normalized spacial score (nSPS) is 11.9. The van der Waals surface area contributed by atoms with Gasteiger partial charge in [0.15, 0.2) is 11.6 Å². The van der Waals surface area contributed by atoms with Gasteiger partial charge in [0.1, 0.15) is 0 Å². The lowest BCUT2D eigenvalue weighted by Gasteiger charge is -2.13. The van der Waals surface area contributed by atoms with Gasteiger partial charge in [0.2, 0.25) is 0 Å². The number of aromatic nitrogens is 5. The molecule has 0 aliphatic heterocycles. The van der Waals surface area contributed by atoms with Crippen LogP contribution in [0.15, 0.2) is 212 Å². The molecular weight excluding hydrogens is 775 g/mol. The minimum atomic E-state index is 0.803. The summed E-state index contributed by atoms with van der Waals surface area (Å²) in [5.74, 6) is 1.61. The maximum Gasteiger partial charge on any atom is 0.168 e. The second kappa shape index (κ2) is 13.7. The minimum Gasteiger partial charge on any atom is -0.309 e. The fourth-order valence-corrected chi connectivity index (χ4v) is 10.9. The topological polar surface area (TPSA) is 40.6 Å². The van der Waals surface area contributed by atoms with Gasteiger partial charge in [-0.15, -0.1) is 21.5 Å². The number of fused-ring (bicyclic) bond motifs is 10. The molecule has 0 spiro atoms. The number of para-hydroxylation sites is 2. The van der Waals surface area contributed by atoms with E-state index >= 15 is 0 Å². The molecule has 0 atom stereocenters. The van der Waals surface area contributed by atoms with Crippen LogP contribution in [-0.4, -0.2) is 23.9 Å². The predicted molar refractivity (Wildman–Crippen MR) is 259 cm³/mol. The zero-order valence-corrected chi connectivity index (χ0v) is 34.2. The first-order chi connectivity index (χ1) is 30.8. The molecule has 5 nitrogen and oxygen atoms in total. The highest BCUT2D eigenvalue weighted by molar-refractivity contribution is 7.26. The molecule has 0 aliphatic carbocycles. The number of benzene rings is 9. The Morgan fingerprint density at radius 1 is 0.306 bits per heavy atom. The molecule has 0 amide bonds. The van der Waals surface area contributed by atoms with Crippen LogP contribution in [0.2, 0.25) is 0 Å². The highest BCUT2D eigenvalue weighted by atomic mass is 32.1. The standard InChI is InChI=1S/C56H35N5S/c1-3-15-36(16-4-1)55-57-58-56(37-17-5-2-6-18-37)61(55)42-29-31-50-47(35-42)43-23-7-10-26-48(43)59(50)40-21-13-19-38(33-40)39-20-14-22-41(34-39)60-49-27-11-8-25-46(49)53-51(60)32-30-45-44-24-9-12-28-52(44)62-54(45)53/h1-35H. The van der Waals surface area contributed by atoms with Crippen molar-refractivity contribution in [3.8, 4) is 51.0 Å². The van der Waals surface area contributed by atoms with Crippen LogP contribution in [0.3, 0.4) is 0 Å². The number of hydrogen-bond acceptors (Lipinski definition) is 3. The second-order valence-corrected chi connectivity index (χ2v) is 16.9. The molecule has 6 heteroatoms. The van der Waals surface area contributed by atoms with Crippen molar-refractivity contribution in [2.75, 3.05) is 0 Å². The summed E-state index contributed by atoms with van der Waals surface area (Å²) in [6, 6.07) is 76.2. The molecule has 0 unspecified atom stereocenters. The Labute approximate surface area is 360 Å². The maximum absolute atomic E-state index is 4.75. The van der Waals surface area contributed by atoms with Crippen molar-refractivity contribution < 1.29 is 0 Å². The summed E-state index contributed by atoms with van der Waals surface area (Å²) in [6.07, 6.45) is 0. The quantitative estimate of drug-likeness (QED) is 0.168. The number of nitrogens with zero attached hydrogens (tertiary/aromatic N) is 5. The van der Waals surface area contributed by atoms with Crippen LogP contribution in [-0.2, 0) is 0 Å². The van der Waals surface area contributed by atoms with E-state index in [4.69, 9.17) is 10.2 Å². The van der Waals surface area contributed by atoms with E-state index in [9.17, 15) is 0 Å². The van der Waals surface area contributed by atoms with E-state index < -0.39 is 0 Å². The Morgan fingerprint density at radius 2 is 0.806 bits per heavy atom. The molecule has 13 aromatic rings. The van der Waals surface area contributed by atoms with Crippen LogP contribution >= 0.6 is 11.3 Å². The predicted octanol–water partition coefficient (Wildman–Crippen LogP) is 14.8. The molecule has 0 aliphatic rings. The molecule has 4 aromatic heterocycles. The Morgan fingerprint density at radius 3 is 1.48 bits per heavy atom. The third-order valence-corrected chi connectivity index (χ3v) is 13.6. The van der Waals surface area contributed by atoms with E-state index in [0.29, 0.717) is 0 Å². The molecular formula is C56H35N5S. The van der Waals surface area contributed by atoms with Gasteiger partial charge < -0.3 is 9.13 Å². The van der Waals surface area contributed by atoms with Gasteiger partial charge in [0.05, 0.1) is 27.8 Å². The molecule has 4 heterocycles. The molecule has 9 aromatic carbocycles. The largest absolute Gasteiger partial charge is 0.309 e. The fourth-order valence-electron chi connectivity index (χ4n) is 9.62. The number of rotatable bonds is 6. The third-order valence-electron chi connectivity index (χ3n) is 12.4. The molecule has 290 valence electrons. The number of hydrogen-bond donors (Lipinski definition) is 0. The van der Waals surface area contributed by atoms with Crippen LogP contribution in [0.1, 0.15) is 0 Å². The zero-order chi connectivity index (χ0) is 40.7. The van der Waals surface area contributed by atoms with Crippen molar-refractivity contribution >= 4 is 75.1 Å². The van der Waals surface area contributed by atoms with Crippen molar-refractivity contribution in [3.05, 3.63) is 212 Å². The van der Waals surface area contributed by atoms with Crippen molar-refractivity contribution in [2.24, 2.45) is 0 Å². The van der Waals surface area contributed by atoms with Crippen LogP contribution in [0, 0.1) is 0 Å². The SMILES string of the molecule is c1ccc(-c2nnc(-c3ccccc3)n2-c2ccc3c(c2)c2ccccc2n3-c2cccc(-c3cccc(-n4c5ccccc5c5c6sc7ccccc7c6ccc54)c3)c2)cc1. The Kier molecular flexibility index (Phi) is 7.71. The average molecular weight is 810 g/mol. The second-order valence-electron chi connectivity index (χ2n) is 15.9. The molecule has 0 bridgehead atoms. The van der Waals surface area contributed by atoms with E-state index in [1.807, 2.05) is 47.7 Å². The van der Waals surface area contributed by atoms with Gasteiger partial charge in [0.25, 0.3) is 0 Å². The first kappa shape index (κ1) is 34.8. The third kappa shape index (κ3) is 5.27. The van der Waals surface area contributed by atoms with Crippen molar-refractivity contribution in [2.45, 2.75) is 0 Å². The van der Waals surface area contributed by atoms with Crippen molar-refractivity contribution in [1.29, 1.82) is 0 Å². The van der Waals surface area contributed by atoms with E-state index in [1.165, 1.54) is 47.4 Å². The van der Waals surface area contributed by atoms with Gasteiger partial charge in [-0.1, -0.05) is 146 Å². The Balaban J connectivity index is 0.952. The Bertz CT molecular complexity index is 3810. The molecule has 0 saturated carbocycles. The summed E-state index contributed by atoms with van der Waals surface area (Å²) in [6.45, 7) is 0. The van der Waals surface area contributed by atoms with Crippen molar-refractivity contribution in [3.63, 3.8) is 0 Å². The zero-order valence-electron chi connectivity index (χ0n) is 33.4. The maximum atomic E-state index is 4.75. The van der Waals surface area contributed by atoms with Crippen LogP contribution in [0.5, 0.6) is 0 Å². The van der Waals surface area contributed by atoms with Gasteiger partial charge in [-0.3, -0.25) is 4.57 Å². The summed E-state index contributed by atoms with van der Waals surface area (Å²) in [5, 5.41) is 17.1. The molecule has 0 radical (unpaired) electrons. The average Bonchev–Trinajstić information content (AvgIpc) is 4.12. The van der Waals surface area contributed by atoms with E-state index in [2.05, 4.69) is 190 Å². The Hall–Kier alpha value is -8.06. The lowest BCUT2D eigenvalue weighted by Crippen LogP contribution is -2.01. The minimum absolute atomic E-state index is 0.803. The van der Waals surface area contributed by atoms with Crippen LogP contribution in [0.25, 0.3) is 115 Å². The first-order valence-corrected chi connectivity index (χ1v) is 21.7. The van der Waals surface area contributed by atoms with Crippen molar-refractivity contribution in [1.82, 2.24) is 23.9 Å². The lowest BCUT2D eigenvalue weighted by atomic mass is 10.0. The van der Waals surface area contributed by atoms with Gasteiger partial charge in [0, 0.05) is 64.2 Å². The lowest BCUT2D eigenvalue weighted by molar-refractivity contribution is 1.07. The van der Waals surface area contributed by atoms with Gasteiger partial charge in [-0.05, 0) is 77.9 Å². The first-order valence-electron chi connectivity index (χ1n) is 20.9. The summed E-state index contributed by atoms with van der Waals surface area (Å²) < 4.78 is 9.69. The highest BCUT2D eigenvalue weighted by Crippen LogP contribution is 2.44. The van der Waals surface area contributed by atoms with E-state index in [-0.39, 0.29) is 0 Å². The molecule has 0 fully saturated rings. The molecule has 0 saturated heterocycles. The summed E-state index contributed by atoms with van der Waals surface area (Å²) in [7, 11) is 0. The summed E-state index contributed by atoms with van der Waals surface area (Å²) in [5.41, 5.74) is 12.3. The number of thiophene rings is 1. The highest BCUT2D eigenvalue weighted by Gasteiger charge is 2.21. The van der Waals surface area contributed by atoms with Crippen LogP contribution < -0.4 is 0 Å². The summed E-state index contributed by atoms with van der Waals surface area (Å²) >= 11 is 1.89. The fraction of sp³-hybridized carbons (Fsp3) is 0.